The van der Waals surface area contributed by atoms with Crippen LogP contribution < -0.4 is 14.8 Å². The number of para-hydroxylation sites is 1. The van der Waals surface area contributed by atoms with Crippen LogP contribution in [-0.2, 0) is 6.42 Å². The van der Waals surface area contributed by atoms with E-state index in [0.29, 0.717) is 34.9 Å². The molecule has 1 heterocycles. The van der Waals surface area contributed by atoms with E-state index in [9.17, 15) is 9.59 Å². The highest BCUT2D eigenvalue weighted by Crippen LogP contribution is 2.44. The Morgan fingerprint density at radius 2 is 1.68 bits per heavy atom. The monoisotopic (exact) mass is 453 g/mol. The maximum absolute atomic E-state index is 13.4. The molecule has 7 heteroatoms. The molecule has 0 radical (unpaired) electrons. The van der Waals surface area contributed by atoms with Gasteiger partial charge < -0.3 is 14.8 Å². The summed E-state index contributed by atoms with van der Waals surface area (Å²) in [6, 6.07) is 20.5. The second kappa shape index (κ2) is 8.51. The van der Waals surface area contributed by atoms with Gasteiger partial charge in [0.15, 0.2) is 23.0 Å². The molecule has 0 saturated heterocycles. The van der Waals surface area contributed by atoms with E-state index in [1.165, 1.54) is 6.92 Å². The quantitative estimate of drug-likeness (QED) is 0.369. The van der Waals surface area contributed by atoms with Gasteiger partial charge >= 0.3 is 0 Å². The highest BCUT2D eigenvalue weighted by Gasteiger charge is 2.32. The molecule has 0 saturated carbocycles. The van der Waals surface area contributed by atoms with Gasteiger partial charge in [0.2, 0.25) is 0 Å². The number of benzene rings is 3. The maximum atomic E-state index is 13.4. The van der Waals surface area contributed by atoms with Crippen molar-refractivity contribution in [3.05, 3.63) is 89.1 Å². The SMILES string of the molecule is COc1cc2c(cc1OC)-c1c(c(C(=O)Nc3cccc(C(C)=O)c3)nn1-c1ccccc1)C2. The van der Waals surface area contributed by atoms with Crippen molar-refractivity contribution in [1.82, 2.24) is 9.78 Å². The highest BCUT2D eigenvalue weighted by atomic mass is 16.5. The van der Waals surface area contributed by atoms with Gasteiger partial charge in [-0.2, -0.15) is 5.10 Å². The van der Waals surface area contributed by atoms with Gasteiger partial charge in [0.05, 0.1) is 25.6 Å². The van der Waals surface area contributed by atoms with Crippen LogP contribution in [0.3, 0.4) is 0 Å². The summed E-state index contributed by atoms with van der Waals surface area (Å²) in [6.07, 6.45) is 0.536. The molecule has 0 unspecified atom stereocenters. The molecule has 5 rings (SSSR count). The Labute approximate surface area is 196 Å². The minimum atomic E-state index is -0.335. The van der Waals surface area contributed by atoms with Crippen molar-refractivity contribution < 1.29 is 19.1 Å². The lowest BCUT2D eigenvalue weighted by Gasteiger charge is -2.12. The lowest BCUT2D eigenvalue weighted by Crippen LogP contribution is -2.15. The number of ketones is 1. The summed E-state index contributed by atoms with van der Waals surface area (Å²) in [5, 5.41) is 7.62. The average molecular weight is 453 g/mol. The Kier molecular flexibility index (Phi) is 5.37. The van der Waals surface area contributed by atoms with Crippen LogP contribution in [0.15, 0.2) is 66.7 Å². The number of rotatable bonds is 6. The van der Waals surface area contributed by atoms with Gasteiger partial charge in [-0.15, -0.1) is 0 Å². The molecule has 170 valence electrons. The Hall–Kier alpha value is -4.39. The van der Waals surface area contributed by atoms with E-state index in [-0.39, 0.29) is 11.7 Å². The normalized spacial score (nSPS) is 11.5. The van der Waals surface area contributed by atoms with Crippen LogP contribution in [0.5, 0.6) is 11.5 Å². The minimum absolute atomic E-state index is 0.0660. The van der Waals surface area contributed by atoms with Gasteiger partial charge in [-0.25, -0.2) is 4.68 Å². The number of hydrogen-bond acceptors (Lipinski definition) is 5. The zero-order chi connectivity index (χ0) is 23.8. The predicted octanol–water partition coefficient (Wildman–Crippen LogP) is 4.92. The van der Waals surface area contributed by atoms with Crippen LogP contribution in [0.1, 0.15) is 38.9 Å². The molecule has 0 aliphatic heterocycles. The number of aromatic nitrogens is 2. The molecule has 0 bridgehead atoms. The molecular formula is C27H23N3O4. The van der Waals surface area contributed by atoms with E-state index in [2.05, 4.69) is 5.32 Å². The number of carbonyl (C=O) groups is 2. The first-order valence-electron chi connectivity index (χ1n) is 10.8. The first-order chi connectivity index (χ1) is 16.5. The first kappa shape index (κ1) is 21.5. The van der Waals surface area contributed by atoms with Crippen molar-refractivity contribution in [3.63, 3.8) is 0 Å². The summed E-state index contributed by atoms with van der Waals surface area (Å²) in [5.74, 6) is 0.849. The molecular weight excluding hydrogens is 430 g/mol. The molecule has 1 amide bonds. The van der Waals surface area contributed by atoms with E-state index in [1.54, 1.807) is 43.2 Å². The molecule has 3 aromatic carbocycles. The van der Waals surface area contributed by atoms with Crippen LogP contribution in [0.25, 0.3) is 16.9 Å². The van der Waals surface area contributed by atoms with Gasteiger partial charge in [-0.05, 0) is 48.9 Å². The Morgan fingerprint density at radius 3 is 2.38 bits per heavy atom. The molecule has 1 aliphatic carbocycles. The summed E-state index contributed by atoms with van der Waals surface area (Å²) in [6.45, 7) is 1.50. The summed E-state index contributed by atoms with van der Waals surface area (Å²) in [7, 11) is 3.20. The predicted molar refractivity (Wildman–Crippen MR) is 129 cm³/mol. The van der Waals surface area contributed by atoms with Crippen LogP contribution >= 0.6 is 0 Å². The fourth-order valence-electron chi connectivity index (χ4n) is 4.32. The molecule has 34 heavy (non-hydrogen) atoms. The fraction of sp³-hybridized carbons (Fsp3) is 0.148. The van der Waals surface area contributed by atoms with Gasteiger partial charge in [-0.3, -0.25) is 9.59 Å². The maximum Gasteiger partial charge on any atom is 0.276 e. The standard InChI is InChI=1S/C27H23N3O4/c1-16(31)17-8-7-9-19(12-17)28-27(32)25-22-13-18-14-23(33-2)24(34-3)15-21(18)26(22)30(29-25)20-10-5-4-6-11-20/h4-12,14-15H,13H2,1-3H3,(H,28,32). The van der Waals surface area contributed by atoms with E-state index in [1.807, 2.05) is 42.5 Å². The van der Waals surface area contributed by atoms with Gasteiger partial charge in [-0.1, -0.05) is 30.3 Å². The van der Waals surface area contributed by atoms with E-state index in [0.717, 1.165) is 28.1 Å². The summed E-state index contributed by atoms with van der Waals surface area (Å²) < 4.78 is 12.8. The van der Waals surface area contributed by atoms with Gasteiger partial charge in [0.1, 0.15) is 0 Å². The van der Waals surface area contributed by atoms with Crippen molar-refractivity contribution in [1.29, 1.82) is 0 Å². The Morgan fingerprint density at radius 1 is 0.941 bits per heavy atom. The summed E-state index contributed by atoms with van der Waals surface area (Å²) in [4.78, 5) is 25.1. The van der Waals surface area contributed by atoms with E-state index < -0.39 is 0 Å². The number of fused-ring (bicyclic) bond motifs is 3. The molecule has 4 aromatic rings. The first-order valence-corrected chi connectivity index (χ1v) is 10.8. The lowest BCUT2D eigenvalue weighted by molar-refractivity contribution is 0.100. The molecule has 1 N–H and O–H groups in total. The Bertz CT molecular complexity index is 1420. The minimum Gasteiger partial charge on any atom is -0.493 e. The number of nitrogens with zero attached hydrogens (tertiary/aromatic N) is 2. The number of methoxy groups -OCH3 is 2. The fourth-order valence-corrected chi connectivity index (χ4v) is 4.32. The molecule has 7 nitrogen and oxygen atoms in total. The topological polar surface area (TPSA) is 82.4 Å². The third-order valence-corrected chi connectivity index (χ3v) is 5.96. The third-order valence-electron chi connectivity index (χ3n) is 5.96. The van der Waals surface area contributed by atoms with Crippen LogP contribution in [0.4, 0.5) is 5.69 Å². The van der Waals surface area contributed by atoms with Crippen LogP contribution in [0.2, 0.25) is 0 Å². The largest absolute Gasteiger partial charge is 0.493 e. The smallest absolute Gasteiger partial charge is 0.276 e. The van der Waals surface area contributed by atoms with Crippen molar-refractivity contribution in [3.8, 4) is 28.4 Å². The zero-order valence-electron chi connectivity index (χ0n) is 19.1. The van der Waals surface area contributed by atoms with E-state index in [4.69, 9.17) is 14.6 Å². The number of amides is 1. The zero-order valence-corrected chi connectivity index (χ0v) is 19.1. The number of anilines is 1. The number of hydrogen-bond donors (Lipinski definition) is 1. The van der Waals surface area contributed by atoms with Crippen molar-refractivity contribution in [2.45, 2.75) is 13.3 Å². The summed E-state index contributed by atoms with van der Waals surface area (Å²) in [5.41, 5.74) is 5.91. The number of nitrogens with one attached hydrogen (secondary N) is 1. The van der Waals surface area contributed by atoms with Crippen molar-refractivity contribution in [2.75, 3.05) is 19.5 Å². The van der Waals surface area contributed by atoms with Gasteiger partial charge in [0.25, 0.3) is 5.91 Å². The number of ether oxygens (including phenoxy) is 2. The van der Waals surface area contributed by atoms with Gasteiger partial charge in [0, 0.05) is 28.8 Å². The molecule has 0 atom stereocenters. The van der Waals surface area contributed by atoms with Crippen LogP contribution in [0, 0.1) is 0 Å². The second-order valence-electron chi connectivity index (χ2n) is 8.06. The lowest BCUT2D eigenvalue weighted by atomic mass is 10.1. The Balaban J connectivity index is 1.62. The number of Topliss-reactive ketones (excluding diaryl/α,β-unsaturated/α-hetero) is 1. The second-order valence-corrected chi connectivity index (χ2v) is 8.06. The third kappa shape index (κ3) is 3.61. The molecule has 1 aliphatic rings. The average Bonchev–Trinajstić information content (AvgIpc) is 3.40. The van der Waals surface area contributed by atoms with Crippen molar-refractivity contribution >= 4 is 17.4 Å². The van der Waals surface area contributed by atoms with E-state index >= 15 is 0 Å². The van der Waals surface area contributed by atoms with Crippen molar-refractivity contribution in [2.24, 2.45) is 0 Å². The highest BCUT2D eigenvalue weighted by molar-refractivity contribution is 6.06. The van der Waals surface area contributed by atoms with Crippen LogP contribution in [-0.4, -0.2) is 35.7 Å². The molecule has 0 spiro atoms. The summed E-state index contributed by atoms with van der Waals surface area (Å²) >= 11 is 0. The molecule has 0 fully saturated rings. The molecule has 1 aromatic heterocycles. The number of carbonyl (C=O) groups excluding carboxylic acids is 2.